The minimum absolute atomic E-state index is 0.108. The molecule has 0 aromatic carbocycles. The molecule has 0 aliphatic carbocycles. The second-order valence-electron chi connectivity index (χ2n) is 5.48. The Morgan fingerprint density at radius 1 is 1.24 bits per heavy atom. The SMILES string of the molecule is CN(C)c1nc(Cl)nc(NCCNC(=O)OC(C)(C)C)n1. The third-order valence-corrected chi connectivity index (χ3v) is 2.24. The Labute approximate surface area is 129 Å². The van der Waals surface area contributed by atoms with Crippen molar-refractivity contribution in [1.82, 2.24) is 20.3 Å². The lowest BCUT2D eigenvalue weighted by Gasteiger charge is -2.19. The van der Waals surface area contributed by atoms with Crippen LogP contribution in [0.2, 0.25) is 5.28 Å². The van der Waals surface area contributed by atoms with Crippen LogP contribution in [0.15, 0.2) is 0 Å². The number of amides is 1. The Bertz CT molecular complexity index is 489. The molecule has 2 N–H and O–H groups in total. The fourth-order valence-electron chi connectivity index (χ4n) is 1.27. The van der Waals surface area contributed by atoms with Crippen LogP contribution in [0, 0.1) is 0 Å². The van der Waals surface area contributed by atoms with Crippen molar-refractivity contribution < 1.29 is 9.53 Å². The number of nitrogens with one attached hydrogen (secondary N) is 2. The largest absolute Gasteiger partial charge is 0.444 e. The van der Waals surface area contributed by atoms with Gasteiger partial charge in [0.2, 0.25) is 17.2 Å². The third kappa shape index (κ3) is 6.94. The Morgan fingerprint density at radius 2 is 1.90 bits per heavy atom. The summed E-state index contributed by atoms with van der Waals surface area (Å²) in [6, 6.07) is 0. The molecule has 1 amide bonds. The second kappa shape index (κ2) is 7.26. The zero-order valence-corrected chi connectivity index (χ0v) is 13.7. The Hall–Kier alpha value is -1.83. The molecule has 1 aromatic rings. The quantitative estimate of drug-likeness (QED) is 0.796. The van der Waals surface area contributed by atoms with Crippen LogP contribution < -0.4 is 15.5 Å². The number of carbonyl (C=O) groups excluding carboxylic acids is 1. The fraction of sp³-hybridized carbons (Fsp3) is 0.667. The predicted octanol–water partition coefficient (Wildman–Crippen LogP) is 1.53. The fourth-order valence-corrected chi connectivity index (χ4v) is 1.43. The molecule has 0 bridgehead atoms. The predicted molar refractivity (Wildman–Crippen MR) is 81.9 cm³/mol. The maximum atomic E-state index is 11.4. The molecule has 0 aliphatic rings. The number of aromatic nitrogens is 3. The van der Waals surface area contributed by atoms with Gasteiger partial charge in [-0.15, -0.1) is 0 Å². The molecule has 0 fully saturated rings. The Morgan fingerprint density at radius 3 is 2.48 bits per heavy atom. The van der Waals surface area contributed by atoms with Crippen molar-refractivity contribution in [3.05, 3.63) is 5.28 Å². The van der Waals surface area contributed by atoms with E-state index in [0.717, 1.165) is 0 Å². The van der Waals surface area contributed by atoms with E-state index in [1.165, 1.54) is 0 Å². The molecular formula is C12H21ClN6O2. The Kier molecular flexibility index (Phi) is 5.95. The van der Waals surface area contributed by atoms with Crippen molar-refractivity contribution >= 4 is 29.6 Å². The van der Waals surface area contributed by atoms with Gasteiger partial charge in [-0.2, -0.15) is 15.0 Å². The number of nitrogens with zero attached hydrogens (tertiary/aromatic N) is 4. The van der Waals surface area contributed by atoms with Crippen LogP contribution in [0.4, 0.5) is 16.7 Å². The van der Waals surface area contributed by atoms with Crippen molar-refractivity contribution in [3.8, 4) is 0 Å². The van der Waals surface area contributed by atoms with E-state index in [4.69, 9.17) is 16.3 Å². The van der Waals surface area contributed by atoms with Gasteiger partial charge < -0.3 is 20.3 Å². The summed E-state index contributed by atoms with van der Waals surface area (Å²) in [5, 5.41) is 5.69. The van der Waals surface area contributed by atoms with E-state index < -0.39 is 11.7 Å². The smallest absolute Gasteiger partial charge is 0.407 e. The highest BCUT2D eigenvalue weighted by atomic mass is 35.5. The number of carbonyl (C=O) groups is 1. The maximum absolute atomic E-state index is 11.4. The zero-order valence-electron chi connectivity index (χ0n) is 12.9. The summed E-state index contributed by atoms with van der Waals surface area (Å²) in [6.07, 6.45) is -0.466. The molecule has 0 atom stereocenters. The number of anilines is 2. The molecule has 1 heterocycles. The van der Waals surface area contributed by atoms with E-state index in [2.05, 4.69) is 25.6 Å². The minimum Gasteiger partial charge on any atom is -0.444 e. The average Bonchev–Trinajstić information content (AvgIpc) is 2.31. The standard InChI is InChI=1S/C12H21ClN6O2/c1-12(2,3)21-11(20)15-7-6-14-9-16-8(13)17-10(18-9)19(4)5/h6-7H2,1-5H3,(H,15,20)(H,14,16,17,18). The molecule has 0 unspecified atom stereocenters. The van der Waals surface area contributed by atoms with Crippen molar-refractivity contribution in [1.29, 1.82) is 0 Å². The van der Waals surface area contributed by atoms with Gasteiger partial charge in [-0.05, 0) is 32.4 Å². The molecule has 0 radical (unpaired) electrons. The first-order valence-corrected chi connectivity index (χ1v) is 6.85. The van der Waals surface area contributed by atoms with Crippen LogP contribution in [-0.4, -0.2) is 53.8 Å². The first kappa shape index (κ1) is 17.2. The van der Waals surface area contributed by atoms with Gasteiger partial charge >= 0.3 is 6.09 Å². The lowest BCUT2D eigenvalue weighted by atomic mass is 10.2. The van der Waals surface area contributed by atoms with Gasteiger partial charge in [-0.3, -0.25) is 0 Å². The normalized spacial score (nSPS) is 11.0. The third-order valence-electron chi connectivity index (χ3n) is 2.07. The summed E-state index contributed by atoms with van der Waals surface area (Å²) in [6.45, 7) is 6.23. The van der Waals surface area contributed by atoms with Gasteiger partial charge in [0.15, 0.2) is 0 Å². The number of rotatable bonds is 5. The summed E-state index contributed by atoms with van der Waals surface area (Å²) in [5.41, 5.74) is -0.514. The first-order valence-electron chi connectivity index (χ1n) is 6.47. The summed E-state index contributed by atoms with van der Waals surface area (Å²) in [4.78, 5) is 25.3. The molecule has 118 valence electrons. The van der Waals surface area contributed by atoms with Gasteiger partial charge in [-0.1, -0.05) is 0 Å². The van der Waals surface area contributed by atoms with E-state index >= 15 is 0 Å². The van der Waals surface area contributed by atoms with Crippen LogP contribution in [0.5, 0.6) is 0 Å². The molecule has 0 spiro atoms. The number of halogens is 1. The summed E-state index contributed by atoms with van der Waals surface area (Å²) in [5.74, 6) is 0.808. The van der Waals surface area contributed by atoms with Crippen LogP contribution in [-0.2, 0) is 4.74 Å². The molecular weight excluding hydrogens is 296 g/mol. The van der Waals surface area contributed by atoms with Gasteiger partial charge in [0.1, 0.15) is 5.60 Å². The van der Waals surface area contributed by atoms with E-state index in [1.54, 1.807) is 39.8 Å². The lowest BCUT2D eigenvalue weighted by molar-refractivity contribution is 0.0530. The van der Waals surface area contributed by atoms with Gasteiger partial charge in [0.25, 0.3) is 0 Å². The number of alkyl carbamates (subject to hydrolysis) is 1. The number of hydrogen-bond donors (Lipinski definition) is 2. The van der Waals surface area contributed by atoms with E-state index in [9.17, 15) is 4.79 Å². The average molecular weight is 317 g/mol. The van der Waals surface area contributed by atoms with Crippen molar-refractivity contribution in [2.45, 2.75) is 26.4 Å². The monoisotopic (exact) mass is 316 g/mol. The molecule has 0 saturated carbocycles. The minimum atomic E-state index is -0.514. The topological polar surface area (TPSA) is 92.3 Å². The molecule has 8 nitrogen and oxygen atoms in total. The van der Waals surface area contributed by atoms with Crippen molar-refractivity contribution in [3.63, 3.8) is 0 Å². The van der Waals surface area contributed by atoms with Crippen LogP contribution in [0.3, 0.4) is 0 Å². The van der Waals surface area contributed by atoms with Crippen LogP contribution in [0.1, 0.15) is 20.8 Å². The second-order valence-corrected chi connectivity index (χ2v) is 5.82. The molecule has 0 aliphatic heterocycles. The highest BCUT2D eigenvalue weighted by Gasteiger charge is 2.15. The van der Waals surface area contributed by atoms with Gasteiger partial charge in [0, 0.05) is 27.2 Å². The van der Waals surface area contributed by atoms with Gasteiger partial charge in [-0.25, -0.2) is 4.79 Å². The highest BCUT2D eigenvalue weighted by molar-refractivity contribution is 6.28. The molecule has 1 rings (SSSR count). The molecule has 0 saturated heterocycles. The van der Waals surface area contributed by atoms with Crippen molar-refractivity contribution in [2.75, 3.05) is 37.4 Å². The first-order chi connectivity index (χ1) is 9.67. The molecule has 9 heteroatoms. The molecule has 1 aromatic heterocycles. The highest BCUT2D eigenvalue weighted by Crippen LogP contribution is 2.11. The Balaban J connectivity index is 2.41. The van der Waals surface area contributed by atoms with Crippen molar-refractivity contribution in [2.24, 2.45) is 0 Å². The zero-order chi connectivity index (χ0) is 16.0. The summed E-state index contributed by atoms with van der Waals surface area (Å²) in [7, 11) is 3.61. The van der Waals surface area contributed by atoms with Crippen LogP contribution in [0.25, 0.3) is 0 Å². The van der Waals surface area contributed by atoms with E-state index in [0.29, 0.717) is 25.0 Å². The van der Waals surface area contributed by atoms with E-state index in [-0.39, 0.29) is 5.28 Å². The van der Waals surface area contributed by atoms with E-state index in [1.807, 2.05) is 0 Å². The maximum Gasteiger partial charge on any atom is 0.407 e. The van der Waals surface area contributed by atoms with Gasteiger partial charge in [0.05, 0.1) is 0 Å². The number of hydrogen-bond acceptors (Lipinski definition) is 7. The molecule has 21 heavy (non-hydrogen) atoms. The van der Waals surface area contributed by atoms with Crippen LogP contribution >= 0.6 is 11.6 Å². The summed E-state index contributed by atoms with van der Waals surface area (Å²) < 4.78 is 5.11. The lowest BCUT2D eigenvalue weighted by Crippen LogP contribution is -2.35. The summed E-state index contributed by atoms with van der Waals surface area (Å²) >= 11 is 5.81. The number of ether oxygens (including phenoxy) is 1.